The van der Waals surface area contributed by atoms with Gasteiger partial charge in [-0.3, -0.25) is 24.3 Å². The first-order valence-corrected chi connectivity index (χ1v) is 7.99. The van der Waals surface area contributed by atoms with E-state index in [9.17, 15) is 24.6 Å². The standard InChI is InChI=1S/C17H18N4O5/c1-10(2)20-9-19(7-11-5-3-4-6-18-11)21-8-12(17(25)26)14(22)15(23)13(21)16(20)24/h3-6,8,10,23H,7,9H2,1-2H3,(H,25,26). The lowest BCUT2D eigenvalue weighted by Crippen LogP contribution is -2.56. The third-order valence-electron chi connectivity index (χ3n) is 4.17. The number of fused-ring (bicyclic) bond motifs is 1. The van der Waals surface area contributed by atoms with Crippen LogP contribution in [0.15, 0.2) is 35.4 Å². The van der Waals surface area contributed by atoms with Crippen LogP contribution < -0.4 is 10.4 Å². The van der Waals surface area contributed by atoms with Crippen molar-refractivity contribution in [2.24, 2.45) is 0 Å². The van der Waals surface area contributed by atoms with E-state index in [0.717, 1.165) is 6.20 Å². The van der Waals surface area contributed by atoms with Crippen molar-refractivity contribution in [3.8, 4) is 5.75 Å². The topological polar surface area (TPSA) is 116 Å². The summed E-state index contributed by atoms with van der Waals surface area (Å²) >= 11 is 0. The van der Waals surface area contributed by atoms with E-state index >= 15 is 0 Å². The summed E-state index contributed by atoms with van der Waals surface area (Å²) in [6.45, 7) is 4.04. The second kappa shape index (κ2) is 6.51. The summed E-state index contributed by atoms with van der Waals surface area (Å²) in [6, 6.07) is 5.18. The minimum absolute atomic E-state index is 0.154. The SMILES string of the molecule is CC(C)N1CN(Cc2ccccn2)n2cc(C(=O)O)c(=O)c(O)c2C1=O. The zero-order valence-corrected chi connectivity index (χ0v) is 14.3. The van der Waals surface area contributed by atoms with Gasteiger partial charge >= 0.3 is 5.97 Å². The Bertz CT molecular complexity index is 923. The lowest BCUT2D eigenvalue weighted by Gasteiger charge is -2.41. The maximum Gasteiger partial charge on any atom is 0.341 e. The first-order valence-electron chi connectivity index (χ1n) is 7.99. The van der Waals surface area contributed by atoms with E-state index in [1.807, 2.05) is 19.9 Å². The largest absolute Gasteiger partial charge is 0.502 e. The molecule has 0 fully saturated rings. The molecule has 0 radical (unpaired) electrons. The molecule has 2 aromatic rings. The van der Waals surface area contributed by atoms with Crippen LogP contribution in [0.4, 0.5) is 0 Å². The summed E-state index contributed by atoms with van der Waals surface area (Å²) in [6.07, 6.45) is 2.69. The van der Waals surface area contributed by atoms with Crippen molar-refractivity contribution in [2.75, 3.05) is 11.7 Å². The first kappa shape index (κ1) is 17.5. The monoisotopic (exact) mass is 358 g/mol. The molecule has 2 aromatic heterocycles. The van der Waals surface area contributed by atoms with Crippen molar-refractivity contribution in [3.63, 3.8) is 0 Å². The van der Waals surface area contributed by atoms with E-state index in [0.29, 0.717) is 5.69 Å². The third kappa shape index (κ3) is 2.87. The molecule has 136 valence electrons. The van der Waals surface area contributed by atoms with Crippen molar-refractivity contribution in [1.82, 2.24) is 14.6 Å². The Morgan fingerprint density at radius 2 is 2.04 bits per heavy atom. The fraction of sp³-hybridized carbons (Fsp3) is 0.294. The van der Waals surface area contributed by atoms with Gasteiger partial charge in [-0.05, 0) is 26.0 Å². The number of hydrogen-bond acceptors (Lipinski definition) is 6. The number of carbonyl (C=O) groups excluding carboxylic acids is 1. The molecule has 2 N–H and O–H groups in total. The molecule has 0 aliphatic carbocycles. The van der Waals surface area contributed by atoms with Crippen molar-refractivity contribution >= 4 is 11.9 Å². The molecule has 1 aliphatic heterocycles. The molecule has 9 heteroatoms. The number of carbonyl (C=O) groups is 2. The van der Waals surface area contributed by atoms with E-state index < -0.39 is 28.6 Å². The zero-order valence-electron chi connectivity index (χ0n) is 14.3. The predicted molar refractivity (Wildman–Crippen MR) is 91.7 cm³/mol. The van der Waals surface area contributed by atoms with Crippen LogP contribution in [0, 0.1) is 0 Å². The highest BCUT2D eigenvalue weighted by Crippen LogP contribution is 2.23. The first-order chi connectivity index (χ1) is 12.3. The van der Waals surface area contributed by atoms with Gasteiger partial charge in [0.15, 0.2) is 11.4 Å². The minimum Gasteiger partial charge on any atom is -0.502 e. The van der Waals surface area contributed by atoms with Gasteiger partial charge in [0.25, 0.3) is 5.91 Å². The van der Waals surface area contributed by atoms with Crippen LogP contribution in [0.3, 0.4) is 0 Å². The third-order valence-corrected chi connectivity index (χ3v) is 4.17. The quantitative estimate of drug-likeness (QED) is 0.822. The molecular formula is C17H18N4O5. The molecule has 0 atom stereocenters. The molecule has 0 saturated carbocycles. The number of hydrogen-bond donors (Lipinski definition) is 2. The van der Waals surface area contributed by atoms with E-state index in [-0.39, 0.29) is 24.9 Å². The molecular weight excluding hydrogens is 340 g/mol. The summed E-state index contributed by atoms with van der Waals surface area (Å²) < 4.78 is 1.23. The summed E-state index contributed by atoms with van der Waals surface area (Å²) in [5, 5.41) is 21.1. The second-order valence-corrected chi connectivity index (χ2v) is 6.21. The lowest BCUT2D eigenvalue weighted by atomic mass is 10.1. The van der Waals surface area contributed by atoms with E-state index in [1.54, 1.807) is 23.3 Å². The van der Waals surface area contributed by atoms with Crippen LogP contribution in [-0.4, -0.2) is 49.4 Å². The number of aromatic hydroxyl groups is 1. The molecule has 0 spiro atoms. The highest BCUT2D eigenvalue weighted by atomic mass is 16.4. The highest BCUT2D eigenvalue weighted by Gasteiger charge is 2.35. The molecule has 26 heavy (non-hydrogen) atoms. The Morgan fingerprint density at radius 1 is 1.31 bits per heavy atom. The highest BCUT2D eigenvalue weighted by molar-refractivity contribution is 5.98. The fourth-order valence-corrected chi connectivity index (χ4v) is 2.81. The molecule has 0 bridgehead atoms. The number of aromatic nitrogens is 2. The maximum atomic E-state index is 12.7. The predicted octanol–water partition coefficient (Wildman–Crippen LogP) is 0.607. The van der Waals surface area contributed by atoms with Gasteiger partial charge in [-0.15, -0.1) is 0 Å². The van der Waals surface area contributed by atoms with E-state index in [2.05, 4.69) is 4.98 Å². The van der Waals surface area contributed by atoms with Gasteiger partial charge < -0.3 is 15.1 Å². The number of carboxylic acids is 1. The van der Waals surface area contributed by atoms with Crippen LogP contribution in [0.2, 0.25) is 0 Å². The van der Waals surface area contributed by atoms with Gasteiger partial charge in [-0.25, -0.2) is 4.79 Å². The lowest BCUT2D eigenvalue weighted by molar-refractivity contribution is 0.0618. The number of amides is 1. The number of nitrogens with zero attached hydrogens (tertiary/aromatic N) is 4. The maximum absolute atomic E-state index is 12.7. The number of aromatic carboxylic acids is 1. The fourth-order valence-electron chi connectivity index (χ4n) is 2.81. The molecule has 1 aliphatic rings. The number of carboxylic acid groups (broad SMARTS) is 1. The smallest absolute Gasteiger partial charge is 0.341 e. The number of rotatable bonds is 4. The normalized spacial score (nSPS) is 13.9. The van der Waals surface area contributed by atoms with Crippen LogP contribution in [-0.2, 0) is 6.54 Å². The average molecular weight is 358 g/mol. The molecule has 0 unspecified atom stereocenters. The van der Waals surface area contributed by atoms with Gasteiger partial charge in [-0.1, -0.05) is 6.07 Å². The number of pyridine rings is 2. The Kier molecular flexibility index (Phi) is 4.37. The molecule has 3 heterocycles. The zero-order chi connectivity index (χ0) is 19.0. The Hall–Kier alpha value is -3.36. The van der Waals surface area contributed by atoms with Crippen LogP contribution in [0.25, 0.3) is 0 Å². The van der Waals surface area contributed by atoms with Gasteiger partial charge in [0.2, 0.25) is 5.43 Å². The van der Waals surface area contributed by atoms with Gasteiger partial charge in [0, 0.05) is 18.4 Å². The van der Waals surface area contributed by atoms with Crippen LogP contribution in [0.1, 0.15) is 40.4 Å². The second-order valence-electron chi connectivity index (χ2n) is 6.21. The molecule has 0 aromatic carbocycles. The summed E-state index contributed by atoms with van der Waals surface area (Å²) in [4.78, 5) is 41.9. The average Bonchev–Trinajstić information content (AvgIpc) is 2.60. The Labute approximate surface area is 148 Å². The van der Waals surface area contributed by atoms with Crippen molar-refractivity contribution in [1.29, 1.82) is 0 Å². The van der Waals surface area contributed by atoms with Crippen molar-refractivity contribution in [3.05, 3.63) is 57.8 Å². The molecule has 0 saturated heterocycles. The van der Waals surface area contributed by atoms with Crippen LogP contribution in [0.5, 0.6) is 5.75 Å². The molecule has 9 nitrogen and oxygen atoms in total. The van der Waals surface area contributed by atoms with Gasteiger partial charge in [0.05, 0.1) is 12.2 Å². The van der Waals surface area contributed by atoms with Crippen molar-refractivity contribution in [2.45, 2.75) is 26.4 Å². The minimum atomic E-state index is -1.47. The van der Waals surface area contributed by atoms with Crippen molar-refractivity contribution < 1.29 is 19.8 Å². The summed E-state index contributed by atoms with van der Waals surface area (Å²) in [5.41, 5.74) is -1.26. The van der Waals surface area contributed by atoms with Gasteiger partial charge in [-0.2, -0.15) is 0 Å². The summed E-state index contributed by atoms with van der Waals surface area (Å²) in [7, 11) is 0. The van der Waals surface area contributed by atoms with Crippen LogP contribution >= 0.6 is 0 Å². The Balaban J connectivity index is 2.18. The molecule has 1 amide bonds. The molecule has 3 rings (SSSR count). The Morgan fingerprint density at radius 3 is 2.62 bits per heavy atom. The van der Waals surface area contributed by atoms with E-state index in [4.69, 9.17) is 0 Å². The van der Waals surface area contributed by atoms with Gasteiger partial charge in [0.1, 0.15) is 12.2 Å². The van der Waals surface area contributed by atoms with E-state index in [1.165, 1.54) is 9.58 Å². The summed E-state index contributed by atoms with van der Waals surface area (Å²) in [5.74, 6) is -2.88.